The van der Waals surface area contributed by atoms with Crippen molar-refractivity contribution in [1.29, 1.82) is 0 Å². The minimum atomic E-state index is -1.10. The molecule has 0 atom stereocenters. The van der Waals surface area contributed by atoms with Gasteiger partial charge in [0.15, 0.2) is 11.6 Å². The van der Waals surface area contributed by atoms with Crippen LogP contribution in [0.2, 0.25) is 0 Å². The summed E-state index contributed by atoms with van der Waals surface area (Å²) >= 11 is 0. The zero-order valence-corrected chi connectivity index (χ0v) is 10.3. The number of nitrogens with one attached hydrogen (secondary N) is 2. The van der Waals surface area contributed by atoms with Crippen LogP contribution in [-0.4, -0.2) is 23.3 Å². The number of halogens is 2. The van der Waals surface area contributed by atoms with Gasteiger partial charge in [0.1, 0.15) is 0 Å². The predicted octanol–water partition coefficient (Wildman–Crippen LogP) is 2.25. The number of urea groups is 1. The van der Waals surface area contributed by atoms with E-state index >= 15 is 0 Å². The molecule has 0 heterocycles. The van der Waals surface area contributed by atoms with Crippen LogP contribution in [0.3, 0.4) is 0 Å². The summed E-state index contributed by atoms with van der Waals surface area (Å²) in [6.07, 6.45) is 0.353. The van der Waals surface area contributed by atoms with Crippen LogP contribution in [0.4, 0.5) is 19.3 Å². The first-order valence-corrected chi connectivity index (χ1v) is 5.50. The molecule has 0 saturated heterocycles. The number of hydrogen-bond donors (Lipinski definition) is 3. The molecule has 1 rings (SSSR count). The van der Waals surface area contributed by atoms with E-state index in [0.717, 1.165) is 6.07 Å². The maximum absolute atomic E-state index is 13.3. The van der Waals surface area contributed by atoms with Crippen LogP contribution < -0.4 is 10.6 Å². The van der Waals surface area contributed by atoms with Gasteiger partial charge in [-0.25, -0.2) is 13.6 Å². The molecule has 1 aromatic rings. The number of aliphatic hydroxyl groups excluding tert-OH is 1. The van der Waals surface area contributed by atoms with Crippen LogP contribution >= 0.6 is 0 Å². The highest BCUT2D eigenvalue weighted by Gasteiger charge is 2.20. The van der Waals surface area contributed by atoms with Crippen LogP contribution in [0.1, 0.15) is 20.3 Å². The Labute approximate surface area is 104 Å². The number of rotatable bonds is 4. The molecule has 0 unspecified atom stereocenters. The van der Waals surface area contributed by atoms with Crippen molar-refractivity contribution in [2.45, 2.75) is 25.8 Å². The molecule has 3 N–H and O–H groups in total. The van der Waals surface area contributed by atoms with Crippen molar-refractivity contribution in [1.82, 2.24) is 5.32 Å². The quantitative estimate of drug-likeness (QED) is 0.775. The van der Waals surface area contributed by atoms with Crippen molar-refractivity contribution >= 4 is 11.7 Å². The molecule has 18 heavy (non-hydrogen) atoms. The lowest BCUT2D eigenvalue weighted by Crippen LogP contribution is -2.46. The first-order valence-electron chi connectivity index (χ1n) is 5.50. The molecule has 0 radical (unpaired) electrons. The summed E-state index contributed by atoms with van der Waals surface area (Å²) in [5.74, 6) is -2.13. The average Bonchev–Trinajstić information content (AvgIpc) is 2.23. The second-order valence-corrected chi connectivity index (χ2v) is 4.54. The maximum atomic E-state index is 13.3. The van der Waals surface area contributed by atoms with Gasteiger partial charge < -0.3 is 15.7 Å². The summed E-state index contributed by atoms with van der Waals surface area (Å²) < 4.78 is 26.2. The number of anilines is 1. The van der Waals surface area contributed by atoms with E-state index in [4.69, 9.17) is 5.11 Å². The lowest BCUT2D eigenvalue weighted by atomic mass is 10.0. The third kappa shape index (κ3) is 3.96. The summed E-state index contributed by atoms with van der Waals surface area (Å²) in [7, 11) is 0. The molecule has 0 aromatic heterocycles. The van der Waals surface area contributed by atoms with Crippen molar-refractivity contribution in [3.63, 3.8) is 0 Å². The molecule has 0 saturated carbocycles. The molecule has 0 aliphatic carbocycles. The van der Waals surface area contributed by atoms with Gasteiger partial charge in [0, 0.05) is 12.1 Å². The van der Waals surface area contributed by atoms with Gasteiger partial charge in [0.05, 0.1) is 5.69 Å². The van der Waals surface area contributed by atoms with E-state index in [1.54, 1.807) is 13.8 Å². The van der Waals surface area contributed by atoms with Crippen molar-refractivity contribution < 1.29 is 18.7 Å². The van der Waals surface area contributed by atoms with Gasteiger partial charge in [0.2, 0.25) is 0 Å². The van der Waals surface area contributed by atoms with Gasteiger partial charge in [-0.15, -0.1) is 0 Å². The molecule has 0 aliphatic rings. The Bertz CT molecular complexity index is 436. The number of hydrogen-bond acceptors (Lipinski definition) is 2. The summed E-state index contributed by atoms with van der Waals surface area (Å²) in [6, 6.07) is 2.87. The number of benzene rings is 1. The molecule has 4 nitrogen and oxygen atoms in total. The van der Waals surface area contributed by atoms with E-state index in [2.05, 4.69) is 10.6 Å². The van der Waals surface area contributed by atoms with Crippen molar-refractivity contribution in [2.75, 3.05) is 11.9 Å². The van der Waals surface area contributed by atoms with E-state index in [-0.39, 0.29) is 12.3 Å². The first kappa shape index (κ1) is 14.4. The monoisotopic (exact) mass is 258 g/mol. The number of carbonyl (C=O) groups excluding carboxylic acids is 1. The zero-order chi connectivity index (χ0) is 13.8. The normalized spacial score (nSPS) is 11.2. The van der Waals surface area contributed by atoms with Crippen molar-refractivity contribution in [3.8, 4) is 0 Å². The highest BCUT2D eigenvalue weighted by molar-refractivity contribution is 5.89. The maximum Gasteiger partial charge on any atom is 0.319 e. The lowest BCUT2D eigenvalue weighted by Gasteiger charge is -2.25. The predicted molar refractivity (Wildman–Crippen MR) is 64.3 cm³/mol. The second-order valence-electron chi connectivity index (χ2n) is 4.54. The Hall–Kier alpha value is -1.69. The summed E-state index contributed by atoms with van der Waals surface area (Å²) in [5.41, 5.74) is -0.866. The highest BCUT2D eigenvalue weighted by Crippen LogP contribution is 2.16. The van der Waals surface area contributed by atoms with Crippen LogP contribution in [0.5, 0.6) is 0 Å². The van der Waals surface area contributed by atoms with Gasteiger partial charge in [-0.2, -0.15) is 0 Å². The third-order valence-electron chi connectivity index (χ3n) is 2.39. The van der Waals surface area contributed by atoms with E-state index in [0.29, 0.717) is 6.42 Å². The SMILES string of the molecule is CC(C)(CCO)NC(=O)Nc1cccc(F)c1F. The molecule has 0 spiro atoms. The topological polar surface area (TPSA) is 61.4 Å². The summed E-state index contributed by atoms with van der Waals surface area (Å²) in [5, 5.41) is 13.6. The summed E-state index contributed by atoms with van der Waals surface area (Å²) in [4.78, 5) is 11.6. The number of carbonyl (C=O) groups is 1. The lowest BCUT2D eigenvalue weighted by molar-refractivity contribution is 0.218. The van der Waals surface area contributed by atoms with E-state index in [1.165, 1.54) is 12.1 Å². The van der Waals surface area contributed by atoms with Gasteiger partial charge in [-0.3, -0.25) is 0 Å². The molecule has 2 amide bonds. The Balaban J connectivity index is 2.68. The van der Waals surface area contributed by atoms with Crippen LogP contribution in [0.15, 0.2) is 18.2 Å². The van der Waals surface area contributed by atoms with E-state index in [9.17, 15) is 13.6 Å². The Morgan fingerprint density at radius 2 is 2.06 bits per heavy atom. The third-order valence-corrected chi connectivity index (χ3v) is 2.39. The molecule has 100 valence electrons. The molecule has 1 aromatic carbocycles. The smallest absolute Gasteiger partial charge is 0.319 e. The minimum Gasteiger partial charge on any atom is -0.396 e. The van der Waals surface area contributed by atoms with Crippen LogP contribution in [0, 0.1) is 11.6 Å². The Kier molecular flexibility index (Phi) is 4.61. The van der Waals surface area contributed by atoms with E-state index < -0.39 is 23.2 Å². The standard InChI is InChI=1S/C12H16F2N2O2/c1-12(2,6-7-17)16-11(18)15-9-5-3-4-8(13)10(9)14/h3-5,17H,6-7H2,1-2H3,(H2,15,16,18). The molecule has 0 fully saturated rings. The number of amides is 2. The van der Waals surface area contributed by atoms with Gasteiger partial charge in [-0.05, 0) is 32.4 Å². The number of aliphatic hydroxyl groups is 1. The fourth-order valence-electron chi connectivity index (χ4n) is 1.40. The summed E-state index contributed by atoms with van der Waals surface area (Å²) in [6.45, 7) is 3.34. The molecule has 0 bridgehead atoms. The average molecular weight is 258 g/mol. The van der Waals surface area contributed by atoms with Crippen LogP contribution in [0.25, 0.3) is 0 Å². The largest absolute Gasteiger partial charge is 0.396 e. The fourth-order valence-corrected chi connectivity index (χ4v) is 1.40. The second kappa shape index (κ2) is 5.77. The Morgan fingerprint density at radius 3 is 2.67 bits per heavy atom. The first-order chi connectivity index (χ1) is 8.35. The fraction of sp³-hybridized carbons (Fsp3) is 0.417. The Morgan fingerprint density at radius 1 is 1.39 bits per heavy atom. The van der Waals surface area contributed by atoms with E-state index in [1.807, 2.05) is 0 Å². The van der Waals surface area contributed by atoms with Gasteiger partial charge >= 0.3 is 6.03 Å². The van der Waals surface area contributed by atoms with Crippen molar-refractivity contribution in [3.05, 3.63) is 29.8 Å². The molecular formula is C12H16F2N2O2. The van der Waals surface area contributed by atoms with Crippen LogP contribution in [-0.2, 0) is 0 Å². The molecule has 0 aliphatic heterocycles. The molecule has 6 heteroatoms. The zero-order valence-electron chi connectivity index (χ0n) is 10.3. The molecular weight excluding hydrogens is 242 g/mol. The highest BCUT2D eigenvalue weighted by atomic mass is 19.2. The van der Waals surface area contributed by atoms with Crippen molar-refractivity contribution in [2.24, 2.45) is 0 Å². The van der Waals surface area contributed by atoms with Gasteiger partial charge in [0.25, 0.3) is 0 Å². The van der Waals surface area contributed by atoms with Gasteiger partial charge in [-0.1, -0.05) is 6.07 Å². The minimum absolute atomic E-state index is 0.0817.